The molecule has 11 nitrogen and oxygen atoms in total. The van der Waals surface area contributed by atoms with E-state index in [0.29, 0.717) is 32.0 Å². The molecule has 4 heterocycles. The fraction of sp³-hybridized carbons (Fsp3) is 0.524. The van der Waals surface area contributed by atoms with E-state index >= 15 is 0 Å². The Morgan fingerprint density at radius 1 is 1.00 bits per heavy atom. The van der Waals surface area contributed by atoms with Crippen LogP contribution < -0.4 is 0 Å². The number of morpholine rings is 1. The first kappa shape index (κ1) is 30.6. The van der Waals surface area contributed by atoms with E-state index in [-0.39, 0.29) is 5.91 Å². The summed E-state index contributed by atoms with van der Waals surface area (Å²) in [4.78, 5) is 34.7. The van der Waals surface area contributed by atoms with Crippen LogP contribution in [0.4, 0.5) is 26.3 Å². The molecule has 212 valence electrons. The van der Waals surface area contributed by atoms with Crippen LogP contribution in [-0.2, 0) is 33.8 Å². The monoisotopic (exact) mass is 558 g/mol. The molecule has 0 unspecified atom stereocenters. The molecule has 0 radical (unpaired) electrons. The lowest BCUT2D eigenvalue weighted by molar-refractivity contribution is -0.193. The number of rotatable bonds is 3. The SMILES string of the molecule is Cc1ccc(CN2CCc3[nH]nc(C(=O)N4CCOCC4)c3C2)o1.O=C(O)C(F)(F)F.O=C(O)C(F)(F)F. The zero-order chi connectivity index (χ0) is 28.7. The molecule has 0 spiro atoms. The molecule has 1 fully saturated rings. The minimum atomic E-state index is -5.08. The van der Waals surface area contributed by atoms with Crippen molar-refractivity contribution in [1.29, 1.82) is 0 Å². The summed E-state index contributed by atoms with van der Waals surface area (Å²) in [5, 5.41) is 21.6. The van der Waals surface area contributed by atoms with Crippen LogP contribution in [0.2, 0.25) is 0 Å². The number of aryl methyl sites for hydroxylation is 1. The number of furan rings is 1. The molecule has 38 heavy (non-hydrogen) atoms. The number of aliphatic carboxylic acids is 2. The molecule has 3 N–H and O–H groups in total. The predicted molar refractivity (Wildman–Crippen MR) is 114 cm³/mol. The lowest BCUT2D eigenvalue weighted by Gasteiger charge is -2.28. The van der Waals surface area contributed by atoms with Crippen LogP contribution in [0.3, 0.4) is 0 Å². The average Bonchev–Trinajstić information content (AvgIpc) is 3.44. The molecule has 2 aromatic heterocycles. The van der Waals surface area contributed by atoms with Crippen molar-refractivity contribution in [1.82, 2.24) is 20.0 Å². The van der Waals surface area contributed by atoms with Crippen molar-refractivity contribution in [2.75, 3.05) is 32.8 Å². The molecular formula is C21H24F6N4O7. The quantitative estimate of drug-likeness (QED) is 0.484. The van der Waals surface area contributed by atoms with Crippen LogP contribution in [0.5, 0.6) is 0 Å². The summed E-state index contributed by atoms with van der Waals surface area (Å²) in [5.41, 5.74) is 2.67. The highest BCUT2D eigenvalue weighted by molar-refractivity contribution is 5.94. The number of carboxylic acid groups (broad SMARTS) is 2. The van der Waals surface area contributed by atoms with E-state index in [2.05, 4.69) is 15.1 Å². The van der Waals surface area contributed by atoms with Gasteiger partial charge >= 0.3 is 24.3 Å². The molecule has 17 heteroatoms. The Kier molecular flexibility index (Phi) is 10.3. The molecule has 1 amide bonds. The largest absolute Gasteiger partial charge is 0.490 e. The van der Waals surface area contributed by atoms with E-state index in [4.69, 9.17) is 29.0 Å². The summed E-state index contributed by atoms with van der Waals surface area (Å²) in [6.45, 7) is 6.82. The third-order valence-electron chi connectivity index (χ3n) is 5.17. The first-order valence-electron chi connectivity index (χ1n) is 10.9. The van der Waals surface area contributed by atoms with E-state index in [0.717, 1.165) is 48.8 Å². The third kappa shape index (κ3) is 9.05. The van der Waals surface area contributed by atoms with Crippen molar-refractivity contribution < 1.29 is 60.1 Å². The van der Waals surface area contributed by atoms with Crippen molar-refractivity contribution in [3.05, 3.63) is 40.6 Å². The molecule has 2 aliphatic heterocycles. The Balaban J connectivity index is 0.000000301. The molecule has 0 aromatic carbocycles. The number of alkyl halides is 6. The fourth-order valence-corrected chi connectivity index (χ4v) is 3.37. The number of carbonyl (C=O) groups excluding carboxylic acids is 1. The smallest absolute Gasteiger partial charge is 0.475 e. The molecule has 1 saturated heterocycles. The Hall–Kier alpha value is -3.60. The second kappa shape index (κ2) is 12.8. The van der Waals surface area contributed by atoms with Gasteiger partial charge in [-0.3, -0.25) is 14.8 Å². The molecule has 0 bridgehead atoms. The van der Waals surface area contributed by atoms with Gasteiger partial charge in [-0.25, -0.2) is 9.59 Å². The van der Waals surface area contributed by atoms with Gasteiger partial charge in [0.05, 0.1) is 19.8 Å². The highest BCUT2D eigenvalue weighted by Gasteiger charge is 2.39. The second-order valence-corrected chi connectivity index (χ2v) is 8.01. The lowest BCUT2D eigenvalue weighted by atomic mass is 10.0. The highest BCUT2D eigenvalue weighted by Crippen LogP contribution is 2.23. The van der Waals surface area contributed by atoms with Gasteiger partial charge < -0.3 is 24.3 Å². The number of aromatic amines is 1. The van der Waals surface area contributed by atoms with E-state index in [1.807, 2.05) is 24.0 Å². The van der Waals surface area contributed by atoms with Gasteiger partial charge in [-0.05, 0) is 19.1 Å². The summed E-state index contributed by atoms with van der Waals surface area (Å²) in [5.74, 6) is -3.62. The summed E-state index contributed by atoms with van der Waals surface area (Å²) in [6.07, 6.45) is -9.29. The van der Waals surface area contributed by atoms with Crippen LogP contribution in [-0.4, -0.2) is 93.3 Å². The third-order valence-corrected chi connectivity index (χ3v) is 5.17. The number of nitrogens with zero attached hydrogens (tertiary/aromatic N) is 3. The zero-order valence-electron chi connectivity index (χ0n) is 19.9. The zero-order valence-corrected chi connectivity index (χ0v) is 19.9. The number of amides is 1. The van der Waals surface area contributed by atoms with Gasteiger partial charge in [0.1, 0.15) is 11.5 Å². The highest BCUT2D eigenvalue weighted by atomic mass is 19.4. The maximum Gasteiger partial charge on any atom is 0.490 e. The maximum absolute atomic E-state index is 12.8. The minimum Gasteiger partial charge on any atom is -0.475 e. The van der Waals surface area contributed by atoms with Crippen molar-refractivity contribution in [3.8, 4) is 0 Å². The summed E-state index contributed by atoms with van der Waals surface area (Å²) in [6, 6.07) is 4.00. The molecule has 4 rings (SSSR count). The van der Waals surface area contributed by atoms with Crippen molar-refractivity contribution in [2.45, 2.75) is 38.8 Å². The number of nitrogens with one attached hydrogen (secondary N) is 1. The van der Waals surface area contributed by atoms with Crippen molar-refractivity contribution in [2.24, 2.45) is 0 Å². The average molecular weight is 558 g/mol. The van der Waals surface area contributed by atoms with Gasteiger partial charge in [0.15, 0.2) is 5.69 Å². The van der Waals surface area contributed by atoms with Gasteiger partial charge in [-0.2, -0.15) is 31.4 Å². The Morgan fingerprint density at radius 3 is 2.03 bits per heavy atom. The van der Waals surface area contributed by atoms with Gasteiger partial charge in [-0.15, -0.1) is 0 Å². The minimum absolute atomic E-state index is 0.00601. The van der Waals surface area contributed by atoms with E-state index in [9.17, 15) is 31.1 Å². The molecule has 0 aliphatic carbocycles. The maximum atomic E-state index is 12.8. The van der Waals surface area contributed by atoms with Gasteiger partial charge in [0, 0.05) is 43.9 Å². The number of fused-ring (bicyclic) bond motifs is 1. The van der Waals surface area contributed by atoms with Crippen LogP contribution >= 0.6 is 0 Å². The Morgan fingerprint density at radius 2 is 1.55 bits per heavy atom. The van der Waals surface area contributed by atoms with E-state index < -0.39 is 24.3 Å². The van der Waals surface area contributed by atoms with Gasteiger partial charge in [-0.1, -0.05) is 0 Å². The van der Waals surface area contributed by atoms with Gasteiger partial charge in [0.25, 0.3) is 5.91 Å². The number of hydrogen-bond acceptors (Lipinski definition) is 7. The first-order valence-corrected chi connectivity index (χ1v) is 10.9. The number of ether oxygens (including phenoxy) is 1. The van der Waals surface area contributed by atoms with Crippen molar-refractivity contribution >= 4 is 17.8 Å². The number of aromatic nitrogens is 2. The van der Waals surface area contributed by atoms with Crippen LogP contribution in [0.25, 0.3) is 0 Å². The summed E-state index contributed by atoms with van der Waals surface area (Å²) >= 11 is 0. The number of carbonyl (C=O) groups is 3. The van der Waals surface area contributed by atoms with Gasteiger partial charge in [0.2, 0.25) is 0 Å². The van der Waals surface area contributed by atoms with Crippen LogP contribution in [0.1, 0.15) is 33.3 Å². The summed E-state index contributed by atoms with van der Waals surface area (Å²) in [7, 11) is 0. The molecule has 0 saturated carbocycles. The second-order valence-electron chi connectivity index (χ2n) is 8.01. The van der Waals surface area contributed by atoms with E-state index in [1.165, 1.54) is 0 Å². The molecule has 2 aliphatic rings. The van der Waals surface area contributed by atoms with Crippen molar-refractivity contribution in [3.63, 3.8) is 0 Å². The normalized spacial score (nSPS) is 15.9. The molecule has 2 aromatic rings. The lowest BCUT2D eigenvalue weighted by Crippen LogP contribution is -2.41. The predicted octanol–water partition coefficient (Wildman–Crippen LogP) is 2.61. The summed E-state index contributed by atoms with van der Waals surface area (Å²) < 4.78 is 74.5. The molecule has 0 atom stereocenters. The topological polar surface area (TPSA) is 149 Å². The first-order chi connectivity index (χ1) is 17.6. The number of halogens is 6. The van der Waals surface area contributed by atoms with E-state index in [1.54, 1.807) is 0 Å². The Bertz CT molecular complexity index is 1080. The van der Waals surface area contributed by atoms with Crippen LogP contribution in [0, 0.1) is 6.92 Å². The Labute approximate surface area is 210 Å². The standard InChI is InChI=1S/C17H22N4O3.2C2HF3O2/c1-12-2-3-13(24-12)10-20-5-4-15-14(11-20)16(19-18-15)17(22)21-6-8-23-9-7-21;2*3-2(4,5)1(6)7/h2-3H,4-11H2,1H3,(H,18,19);2*(H,6,7). The fourth-order valence-electron chi connectivity index (χ4n) is 3.37. The van der Waals surface area contributed by atoms with Crippen LogP contribution in [0.15, 0.2) is 16.5 Å². The number of H-pyrrole nitrogens is 1. The number of carboxylic acids is 2. The number of hydrogen-bond donors (Lipinski definition) is 3. The molecular weight excluding hydrogens is 534 g/mol.